The van der Waals surface area contributed by atoms with E-state index in [1.54, 1.807) is 0 Å². The van der Waals surface area contributed by atoms with E-state index in [1.165, 1.54) is 0 Å². The third-order valence-electron chi connectivity index (χ3n) is 2.45. The summed E-state index contributed by atoms with van der Waals surface area (Å²) in [5, 5.41) is 0. The van der Waals surface area contributed by atoms with Gasteiger partial charge >= 0.3 is 0 Å². The fourth-order valence-electron chi connectivity index (χ4n) is 1.88. The quantitative estimate of drug-likeness (QED) is 0.641. The van der Waals surface area contributed by atoms with E-state index >= 15 is 0 Å². The molecule has 4 heteroatoms. The van der Waals surface area contributed by atoms with Gasteiger partial charge in [0.1, 0.15) is 0 Å². The highest BCUT2D eigenvalue weighted by molar-refractivity contribution is 6.20. The first-order chi connectivity index (χ1) is 8.79. The third kappa shape index (κ3) is 5.29. The molecule has 3 nitrogen and oxygen atoms in total. The highest BCUT2D eigenvalue weighted by atomic mass is 35.5. The fraction of sp³-hybridized carbons (Fsp3) is 0.600. The lowest BCUT2D eigenvalue weighted by Crippen LogP contribution is -2.16. The van der Waals surface area contributed by atoms with Crippen molar-refractivity contribution in [3.63, 3.8) is 0 Å². The van der Waals surface area contributed by atoms with Gasteiger partial charge in [0.2, 0.25) is 0 Å². The fourth-order valence-corrected chi connectivity index (χ4v) is 2.06. The van der Waals surface area contributed by atoms with Gasteiger partial charge in [-0.05, 0) is 51.8 Å². The number of ether oxygens (including phenoxy) is 2. The lowest BCUT2D eigenvalue weighted by molar-refractivity contribution is 0.197. The van der Waals surface area contributed by atoms with E-state index in [4.69, 9.17) is 26.8 Å². The summed E-state index contributed by atoms with van der Waals surface area (Å²) in [5.74, 6) is 1.56. The average molecular weight is 286 g/mol. The second-order valence-corrected chi connectivity index (χ2v) is 5.85. The zero-order valence-electron chi connectivity index (χ0n) is 12.4. The molecule has 0 heterocycles. The molecule has 0 aliphatic rings. The molecule has 1 rings (SSSR count). The van der Waals surface area contributed by atoms with E-state index in [2.05, 4.69) is 0 Å². The van der Waals surface area contributed by atoms with Gasteiger partial charge in [-0.2, -0.15) is 0 Å². The first-order valence-corrected chi connectivity index (χ1v) is 7.09. The number of nitrogens with two attached hydrogens (primary N) is 1. The highest BCUT2D eigenvalue weighted by Crippen LogP contribution is 2.34. The molecule has 1 atom stereocenters. The van der Waals surface area contributed by atoms with E-state index in [9.17, 15) is 0 Å². The number of benzene rings is 1. The van der Waals surface area contributed by atoms with E-state index in [0.717, 1.165) is 22.6 Å². The Balaban J connectivity index is 3.13. The molecular formula is C15H24ClNO2. The lowest BCUT2D eigenvalue weighted by Gasteiger charge is -2.20. The maximum atomic E-state index is 5.85. The number of aryl methyl sites for hydroxylation is 1. The molecule has 1 aromatic carbocycles. The largest absolute Gasteiger partial charge is 0.487 e. The predicted molar refractivity (Wildman–Crippen MR) is 80.2 cm³/mol. The van der Waals surface area contributed by atoms with Crippen LogP contribution in [0.4, 0.5) is 0 Å². The lowest BCUT2D eigenvalue weighted by atomic mass is 10.1. The molecule has 0 aliphatic carbocycles. The van der Waals surface area contributed by atoms with Crippen LogP contribution in [0.25, 0.3) is 0 Å². The molecular weight excluding hydrogens is 262 g/mol. The summed E-state index contributed by atoms with van der Waals surface area (Å²) >= 11 is 5.85. The molecule has 0 amide bonds. The van der Waals surface area contributed by atoms with Crippen molar-refractivity contribution >= 4 is 11.6 Å². The van der Waals surface area contributed by atoms with Crippen molar-refractivity contribution in [2.24, 2.45) is 5.73 Å². The van der Waals surface area contributed by atoms with Crippen LogP contribution in [0.3, 0.4) is 0 Å². The summed E-state index contributed by atoms with van der Waals surface area (Å²) in [6.45, 7) is 10.00. The van der Waals surface area contributed by atoms with Crippen LogP contribution in [-0.2, 0) is 6.42 Å². The predicted octanol–water partition coefficient (Wildman–Crippen LogP) is 3.64. The minimum Gasteiger partial charge on any atom is -0.487 e. The van der Waals surface area contributed by atoms with Gasteiger partial charge in [0.15, 0.2) is 11.5 Å². The summed E-state index contributed by atoms with van der Waals surface area (Å²) in [5.41, 5.74) is 7.35. The zero-order valence-corrected chi connectivity index (χ0v) is 13.1. The summed E-state index contributed by atoms with van der Waals surface area (Å²) in [7, 11) is 0. The Morgan fingerprint density at radius 3 is 2.16 bits per heavy atom. The second kappa shape index (κ2) is 7.01. The molecule has 0 fully saturated rings. The minimum absolute atomic E-state index is 0.0915. The first-order valence-electron chi connectivity index (χ1n) is 6.66. The molecule has 0 bridgehead atoms. The van der Waals surface area contributed by atoms with Crippen LogP contribution in [0.1, 0.15) is 38.8 Å². The van der Waals surface area contributed by atoms with Crippen molar-refractivity contribution in [3.05, 3.63) is 23.3 Å². The van der Waals surface area contributed by atoms with Crippen molar-refractivity contribution < 1.29 is 9.47 Å². The molecule has 108 valence electrons. The maximum absolute atomic E-state index is 5.85. The molecule has 2 N–H and O–H groups in total. The van der Waals surface area contributed by atoms with Crippen LogP contribution in [0.5, 0.6) is 11.5 Å². The normalized spacial score (nSPS) is 12.9. The highest BCUT2D eigenvalue weighted by Gasteiger charge is 2.14. The minimum atomic E-state index is -0.386. The number of halogens is 1. The Bertz CT molecular complexity index is 417. The number of hydrogen-bond donors (Lipinski definition) is 1. The Hall–Kier alpha value is -0.930. The maximum Gasteiger partial charge on any atom is 0.164 e. The smallest absolute Gasteiger partial charge is 0.164 e. The van der Waals surface area contributed by atoms with Crippen LogP contribution in [0.15, 0.2) is 12.1 Å². The summed E-state index contributed by atoms with van der Waals surface area (Å²) in [6.07, 6.45) is 0.807. The standard InChI is InChI=1S/C15H24ClNO2/c1-9(2)18-13-7-12(8-14(16)17)6-11(5)15(13)19-10(3)4/h6-7,9-10,14H,8,17H2,1-5H3. The van der Waals surface area contributed by atoms with Gasteiger partial charge in [0.25, 0.3) is 0 Å². The third-order valence-corrected chi connectivity index (χ3v) is 2.60. The van der Waals surface area contributed by atoms with Gasteiger partial charge in [-0.25, -0.2) is 0 Å². The van der Waals surface area contributed by atoms with Gasteiger partial charge in [-0.1, -0.05) is 6.07 Å². The first kappa shape index (κ1) is 16.1. The van der Waals surface area contributed by atoms with Crippen molar-refractivity contribution in [2.75, 3.05) is 0 Å². The topological polar surface area (TPSA) is 44.5 Å². The molecule has 0 radical (unpaired) electrons. The number of alkyl halides is 1. The SMILES string of the molecule is Cc1cc(CC(N)Cl)cc(OC(C)C)c1OC(C)C. The second-order valence-electron chi connectivity index (χ2n) is 5.29. The molecule has 0 aliphatic heterocycles. The van der Waals surface area contributed by atoms with Crippen LogP contribution in [-0.4, -0.2) is 17.7 Å². The number of hydrogen-bond acceptors (Lipinski definition) is 3. The monoisotopic (exact) mass is 285 g/mol. The van der Waals surface area contributed by atoms with Crippen molar-refractivity contribution in [2.45, 2.75) is 58.7 Å². The molecule has 1 aromatic rings. The van der Waals surface area contributed by atoms with Crippen molar-refractivity contribution in [3.8, 4) is 11.5 Å². The van der Waals surface area contributed by atoms with Crippen LogP contribution in [0, 0.1) is 6.92 Å². The van der Waals surface area contributed by atoms with Gasteiger partial charge < -0.3 is 15.2 Å². The Labute approximate surface area is 121 Å². The van der Waals surface area contributed by atoms with Gasteiger partial charge in [-0.15, -0.1) is 11.6 Å². The van der Waals surface area contributed by atoms with Crippen LogP contribution < -0.4 is 15.2 Å². The molecule has 0 aromatic heterocycles. The summed E-state index contributed by atoms with van der Waals surface area (Å²) in [6, 6.07) is 4.01. The molecule has 1 unspecified atom stereocenters. The van der Waals surface area contributed by atoms with Gasteiger partial charge in [0, 0.05) is 6.42 Å². The van der Waals surface area contributed by atoms with E-state index in [1.807, 2.05) is 46.8 Å². The Morgan fingerprint density at radius 2 is 1.68 bits per heavy atom. The van der Waals surface area contributed by atoms with E-state index in [-0.39, 0.29) is 17.7 Å². The summed E-state index contributed by atoms with van der Waals surface area (Å²) in [4.78, 5) is 0. The summed E-state index contributed by atoms with van der Waals surface area (Å²) < 4.78 is 11.7. The van der Waals surface area contributed by atoms with Gasteiger partial charge in [0.05, 0.1) is 17.7 Å². The Kier molecular flexibility index (Phi) is 5.95. The molecule has 0 saturated carbocycles. The van der Waals surface area contributed by atoms with Crippen molar-refractivity contribution in [1.29, 1.82) is 0 Å². The average Bonchev–Trinajstić information content (AvgIpc) is 2.21. The molecule has 0 saturated heterocycles. The van der Waals surface area contributed by atoms with E-state index < -0.39 is 0 Å². The van der Waals surface area contributed by atoms with Crippen LogP contribution >= 0.6 is 11.6 Å². The zero-order chi connectivity index (χ0) is 14.6. The number of rotatable bonds is 6. The van der Waals surface area contributed by atoms with Gasteiger partial charge in [-0.3, -0.25) is 0 Å². The van der Waals surface area contributed by atoms with Crippen LogP contribution in [0.2, 0.25) is 0 Å². The Morgan fingerprint density at radius 1 is 1.11 bits per heavy atom. The molecule has 0 spiro atoms. The molecule has 19 heavy (non-hydrogen) atoms. The van der Waals surface area contributed by atoms with Crippen molar-refractivity contribution in [1.82, 2.24) is 0 Å². The van der Waals surface area contributed by atoms with E-state index in [0.29, 0.717) is 6.42 Å².